The van der Waals surface area contributed by atoms with E-state index < -0.39 is 11.3 Å². The van der Waals surface area contributed by atoms with Gasteiger partial charge in [0.15, 0.2) is 5.69 Å². The van der Waals surface area contributed by atoms with E-state index in [2.05, 4.69) is 10.4 Å². The Morgan fingerprint density at radius 1 is 1.06 bits per heavy atom. The van der Waals surface area contributed by atoms with Crippen LogP contribution in [-0.4, -0.2) is 34.8 Å². The second-order valence-corrected chi connectivity index (χ2v) is 7.94. The maximum atomic E-state index is 14.2. The van der Waals surface area contributed by atoms with Crippen LogP contribution in [0.2, 0.25) is 0 Å². The van der Waals surface area contributed by atoms with E-state index >= 15 is 0 Å². The van der Waals surface area contributed by atoms with Crippen LogP contribution in [0, 0.1) is 19.7 Å². The van der Waals surface area contributed by atoms with Gasteiger partial charge in [-0.1, -0.05) is 24.3 Å². The molecular formula is C24H25FN4O2. The van der Waals surface area contributed by atoms with Gasteiger partial charge in [-0.25, -0.2) is 9.07 Å². The molecule has 0 unspecified atom stereocenters. The molecule has 0 atom stereocenters. The van der Waals surface area contributed by atoms with Crippen molar-refractivity contribution in [3.8, 4) is 5.69 Å². The Bertz CT molecular complexity index is 1150. The molecule has 1 aliphatic heterocycles. The van der Waals surface area contributed by atoms with E-state index in [1.54, 1.807) is 17.7 Å². The summed E-state index contributed by atoms with van der Waals surface area (Å²) in [6, 6.07) is 15.8. The number of benzene rings is 2. The van der Waals surface area contributed by atoms with Crippen LogP contribution in [0.25, 0.3) is 5.69 Å². The minimum absolute atomic E-state index is 0.0932. The SMILES string of the molecule is Cc1ccc(F)c(N2CCC(NC(=O)c3nn(-c4ccccc4)c(C)cc3=O)CC2)c1. The first-order valence-corrected chi connectivity index (χ1v) is 10.4. The molecule has 1 aromatic heterocycles. The zero-order valence-electron chi connectivity index (χ0n) is 17.6. The Kier molecular flexibility index (Phi) is 5.84. The Hall–Kier alpha value is -3.48. The number of aryl methyl sites for hydroxylation is 2. The molecule has 0 spiro atoms. The number of hydrogen-bond donors (Lipinski definition) is 1. The number of nitrogens with zero attached hydrogens (tertiary/aromatic N) is 3. The van der Waals surface area contributed by atoms with Gasteiger partial charge in [-0.3, -0.25) is 9.59 Å². The smallest absolute Gasteiger partial charge is 0.276 e. The van der Waals surface area contributed by atoms with Crippen molar-refractivity contribution in [1.29, 1.82) is 0 Å². The molecule has 1 aliphatic rings. The molecule has 1 saturated heterocycles. The number of para-hydroxylation sites is 1. The number of hydrogen-bond acceptors (Lipinski definition) is 4. The summed E-state index contributed by atoms with van der Waals surface area (Å²) in [6.07, 6.45) is 1.33. The minimum atomic E-state index is -0.477. The van der Waals surface area contributed by atoms with Gasteiger partial charge in [-0.2, -0.15) is 5.10 Å². The van der Waals surface area contributed by atoms with Gasteiger partial charge in [0.2, 0.25) is 5.43 Å². The van der Waals surface area contributed by atoms with Crippen LogP contribution in [0.3, 0.4) is 0 Å². The number of aromatic nitrogens is 2. The molecule has 6 nitrogen and oxygen atoms in total. The third-order valence-corrected chi connectivity index (χ3v) is 5.60. The number of halogens is 1. The van der Waals surface area contributed by atoms with Crippen LogP contribution in [0.4, 0.5) is 10.1 Å². The van der Waals surface area contributed by atoms with Crippen LogP contribution >= 0.6 is 0 Å². The van der Waals surface area contributed by atoms with E-state index in [1.807, 2.05) is 48.2 Å². The third-order valence-electron chi connectivity index (χ3n) is 5.60. The number of anilines is 1. The molecule has 31 heavy (non-hydrogen) atoms. The summed E-state index contributed by atoms with van der Waals surface area (Å²) < 4.78 is 15.8. The van der Waals surface area contributed by atoms with Crippen molar-refractivity contribution in [1.82, 2.24) is 15.1 Å². The summed E-state index contributed by atoms with van der Waals surface area (Å²) in [7, 11) is 0. The number of carbonyl (C=O) groups is 1. The molecule has 1 amide bonds. The van der Waals surface area contributed by atoms with Crippen LogP contribution in [0.1, 0.15) is 34.6 Å². The van der Waals surface area contributed by atoms with Gasteiger partial charge < -0.3 is 10.2 Å². The first-order chi connectivity index (χ1) is 14.9. The normalized spacial score (nSPS) is 14.5. The lowest BCUT2D eigenvalue weighted by Crippen LogP contribution is -2.46. The predicted molar refractivity (Wildman–Crippen MR) is 118 cm³/mol. The molecule has 2 aromatic carbocycles. The van der Waals surface area contributed by atoms with E-state index in [9.17, 15) is 14.0 Å². The molecule has 2 heterocycles. The summed E-state index contributed by atoms with van der Waals surface area (Å²) in [5.74, 6) is -0.715. The number of piperidine rings is 1. The standard InChI is InChI=1S/C24H25FN4O2/c1-16-8-9-20(25)21(14-16)28-12-10-18(11-13-28)26-24(31)23-22(30)15-17(2)29(27-23)19-6-4-3-5-7-19/h3-9,14-15,18H,10-13H2,1-2H3,(H,26,31). The average Bonchev–Trinajstić information content (AvgIpc) is 2.76. The fraction of sp³-hybridized carbons (Fsp3) is 0.292. The van der Waals surface area contributed by atoms with Gasteiger partial charge in [0.1, 0.15) is 5.82 Å². The topological polar surface area (TPSA) is 67.2 Å². The zero-order chi connectivity index (χ0) is 22.0. The number of amides is 1. The summed E-state index contributed by atoms with van der Waals surface area (Å²) in [5.41, 5.74) is 2.51. The summed E-state index contributed by atoms with van der Waals surface area (Å²) >= 11 is 0. The average molecular weight is 420 g/mol. The van der Waals surface area contributed by atoms with Crippen molar-refractivity contribution in [2.24, 2.45) is 0 Å². The van der Waals surface area contributed by atoms with Gasteiger partial charge in [0.25, 0.3) is 5.91 Å². The highest BCUT2D eigenvalue weighted by atomic mass is 19.1. The van der Waals surface area contributed by atoms with Gasteiger partial charge in [0, 0.05) is 30.9 Å². The summed E-state index contributed by atoms with van der Waals surface area (Å²) in [4.78, 5) is 27.2. The molecule has 0 saturated carbocycles. The molecule has 7 heteroatoms. The number of rotatable bonds is 4. The van der Waals surface area contributed by atoms with Crippen molar-refractivity contribution in [2.45, 2.75) is 32.7 Å². The molecule has 0 aliphatic carbocycles. The van der Waals surface area contributed by atoms with E-state index in [0.29, 0.717) is 37.3 Å². The second kappa shape index (κ2) is 8.71. The van der Waals surface area contributed by atoms with Crippen LogP contribution in [0.15, 0.2) is 59.4 Å². The second-order valence-electron chi connectivity index (χ2n) is 7.94. The fourth-order valence-electron chi connectivity index (χ4n) is 3.92. The molecule has 0 bridgehead atoms. The molecule has 160 valence electrons. The number of nitrogens with one attached hydrogen (secondary N) is 1. The maximum absolute atomic E-state index is 14.2. The Morgan fingerprint density at radius 3 is 2.48 bits per heavy atom. The van der Waals surface area contributed by atoms with E-state index in [1.165, 1.54) is 12.1 Å². The molecule has 1 fully saturated rings. The van der Waals surface area contributed by atoms with E-state index in [4.69, 9.17) is 0 Å². The Labute approximate surface area is 180 Å². The lowest BCUT2D eigenvalue weighted by Gasteiger charge is -2.34. The molecule has 3 aromatic rings. The maximum Gasteiger partial charge on any atom is 0.276 e. The first-order valence-electron chi connectivity index (χ1n) is 10.4. The zero-order valence-corrected chi connectivity index (χ0v) is 17.6. The molecule has 4 rings (SSSR count). The molecule has 0 radical (unpaired) electrons. The third kappa shape index (κ3) is 4.50. The summed E-state index contributed by atoms with van der Waals surface area (Å²) in [5, 5.41) is 7.26. The highest BCUT2D eigenvalue weighted by Crippen LogP contribution is 2.24. The first kappa shape index (κ1) is 20.8. The van der Waals surface area contributed by atoms with Crippen LogP contribution in [-0.2, 0) is 0 Å². The predicted octanol–water partition coefficient (Wildman–Crippen LogP) is 3.39. The van der Waals surface area contributed by atoms with Gasteiger partial charge in [-0.15, -0.1) is 0 Å². The number of carbonyl (C=O) groups excluding carboxylic acids is 1. The van der Waals surface area contributed by atoms with E-state index in [0.717, 1.165) is 11.3 Å². The van der Waals surface area contributed by atoms with E-state index in [-0.39, 0.29) is 17.6 Å². The van der Waals surface area contributed by atoms with Crippen LogP contribution in [0.5, 0.6) is 0 Å². The largest absolute Gasteiger partial charge is 0.369 e. The van der Waals surface area contributed by atoms with Crippen molar-refractivity contribution in [3.63, 3.8) is 0 Å². The quantitative estimate of drug-likeness (QED) is 0.703. The lowest BCUT2D eigenvalue weighted by atomic mass is 10.0. The van der Waals surface area contributed by atoms with Crippen molar-refractivity contribution < 1.29 is 9.18 Å². The van der Waals surface area contributed by atoms with Crippen molar-refractivity contribution >= 4 is 11.6 Å². The van der Waals surface area contributed by atoms with Crippen LogP contribution < -0.4 is 15.6 Å². The highest BCUT2D eigenvalue weighted by Gasteiger charge is 2.24. The lowest BCUT2D eigenvalue weighted by molar-refractivity contribution is 0.0923. The van der Waals surface area contributed by atoms with Gasteiger partial charge in [-0.05, 0) is 56.5 Å². The minimum Gasteiger partial charge on any atom is -0.369 e. The highest BCUT2D eigenvalue weighted by molar-refractivity contribution is 5.92. The molecule has 1 N–H and O–H groups in total. The monoisotopic (exact) mass is 420 g/mol. The van der Waals surface area contributed by atoms with Crippen molar-refractivity contribution in [2.75, 3.05) is 18.0 Å². The summed E-state index contributed by atoms with van der Waals surface area (Å²) in [6.45, 7) is 4.97. The van der Waals surface area contributed by atoms with Gasteiger partial charge in [0.05, 0.1) is 11.4 Å². The fourth-order valence-corrected chi connectivity index (χ4v) is 3.92. The Morgan fingerprint density at radius 2 is 1.77 bits per heavy atom. The van der Waals surface area contributed by atoms with Gasteiger partial charge >= 0.3 is 0 Å². The van der Waals surface area contributed by atoms with Crippen molar-refractivity contribution in [3.05, 3.63) is 87.6 Å². The Balaban J connectivity index is 1.46. The molecular weight excluding hydrogens is 395 g/mol.